The molecule has 0 heterocycles. The van der Waals surface area contributed by atoms with Crippen LogP contribution in [0, 0.1) is 0 Å². The topological polar surface area (TPSA) is 60.8 Å². The summed E-state index contributed by atoms with van der Waals surface area (Å²) >= 11 is 0. The Kier molecular flexibility index (Phi) is 13.0. The van der Waals surface area contributed by atoms with Crippen LogP contribution in [0.25, 0.3) is 0 Å². The van der Waals surface area contributed by atoms with Crippen molar-refractivity contribution >= 4 is 6.41 Å². The van der Waals surface area contributed by atoms with E-state index in [1.807, 2.05) is 0 Å². The second kappa shape index (κ2) is 11.4. The van der Waals surface area contributed by atoms with Gasteiger partial charge in [0.1, 0.15) is 0 Å². The summed E-state index contributed by atoms with van der Waals surface area (Å²) in [4.78, 5) is 11.5. The van der Waals surface area contributed by atoms with Gasteiger partial charge < -0.3 is 15.1 Å². The van der Waals surface area contributed by atoms with E-state index in [2.05, 4.69) is 13.8 Å². The van der Waals surface area contributed by atoms with Gasteiger partial charge in [-0.2, -0.15) is 0 Å². The van der Waals surface area contributed by atoms with Crippen LogP contribution in [0.3, 0.4) is 0 Å². The molecular formula is C9H21NO3. The Morgan fingerprint density at radius 1 is 1.46 bits per heavy atom. The monoisotopic (exact) mass is 191 g/mol. The van der Waals surface area contributed by atoms with E-state index in [-0.39, 0.29) is 19.7 Å². The molecule has 0 saturated carbocycles. The predicted octanol–water partition coefficient (Wildman–Crippen LogP) is 0.234. The molecule has 0 aliphatic rings. The largest absolute Gasteiger partial charge is 0.395 e. The van der Waals surface area contributed by atoms with Crippen molar-refractivity contribution in [3.8, 4) is 0 Å². The first-order valence-corrected chi connectivity index (χ1v) is 4.60. The smallest absolute Gasteiger partial charge is 0.209 e. The number of hydrogen-bond donors (Lipinski definition) is 2. The summed E-state index contributed by atoms with van der Waals surface area (Å²) in [5.74, 6) is 0. The van der Waals surface area contributed by atoms with Gasteiger partial charge in [0.15, 0.2) is 0 Å². The van der Waals surface area contributed by atoms with Crippen molar-refractivity contribution in [2.45, 2.75) is 33.3 Å². The lowest BCUT2D eigenvalue weighted by atomic mass is 10.4. The number of rotatable bonds is 5. The SMILES string of the molecule is CC(O)CN(C=O)CCO.CCC. The molecule has 13 heavy (non-hydrogen) atoms. The van der Waals surface area contributed by atoms with Gasteiger partial charge in [-0.1, -0.05) is 20.3 Å². The zero-order valence-electron chi connectivity index (χ0n) is 8.73. The molecular weight excluding hydrogens is 170 g/mol. The lowest BCUT2D eigenvalue weighted by molar-refractivity contribution is -0.119. The van der Waals surface area contributed by atoms with E-state index in [0.29, 0.717) is 6.41 Å². The number of amides is 1. The van der Waals surface area contributed by atoms with Gasteiger partial charge >= 0.3 is 0 Å². The van der Waals surface area contributed by atoms with Gasteiger partial charge in [-0.15, -0.1) is 0 Å². The highest BCUT2D eigenvalue weighted by molar-refractivity contribution is 5.46. The fourth-order valence-corrected chi connectivity index (χ4v) is 0.655. The van der Waals surface area contributed by atoms with Crippen molar-refractivity contribution in [3.05, 3.63) is 0 Å². The Morgan fingerprint density at radius 3 is 2.15 bits per heavy atom. The van der Waals surface area contributed by atoms with Crippen LogP contribution in [0.1, 0.15) is 27.2 Å². The maximum atomic E-state index is 10.1. The van der Waals surface area contributed by atoms with Crippen molar-refractivity contribution < 1.29 is 15.0 Å². The third-order valence-corrected chi connectivity index (χ3v) is 1.04. The minimum atomic E-state index is -0.531. The van der Waals surface area contributed by atoms with Crippen LogP contribution in [0.5, 0.6) is 0 Å². The summed E-state index contributed by atoms with van der Waals surface area (Å²) in [5.41, 5.74) is 0. The molecule has 0 spiro atoms. The minimum Gasteiger partial charge on any atom is -0.395 e. The average molecular weight is 191 g/mol. The van der Waals surface area contributed by atoms with Crippen LogP contribution in [-0.2, 0) is 4.79 Å². The van der Waals surface area contributed by atoms with Crippen molar-refractivity contribution in [2.75, 3.05) is 19.7 Å². The van der Waals surface area contributed by atoms with Crippen LogP contribution < -0.4 is 0 Å². The van der Waals surface area contributed by atoms with Crippen LogP contribution in [0.15, 0.2) is 0 Å². The Labute approximate surface area is 80.2 Å². The van der Waals surface area contributed by atoms with Crippen molar-refractivity contribution in [3.63, 3.8) is 0 Å². The van der Waals surface area contributed by atoms with Crippen molar-refractivity contribution in [1.29, 1.82) is 0 Å². The molecule has 0 aliphatic heterocycles. The second-order valence-electron chi connectivity index (χ2n) is 2.88. The summed E-state index contributed by atoms with van der Waals surface area (Å²) in [6.07, 6.45) is 1.33. The molecule has 1 amide bonds. The molecule has 1 unspecified atom stereocenters. The molecule has 1 atom stereocenters. The van der Waals surface area contributed by atoms with Gasteiger partial charge in [0.2, 0.25) is 6.41 Å². The van der Waals surface area contributed by atoms with Crippen LogP contribution in [0.4, 0.5) is 0 Å². The van der Waals surface area contributed by atoms with Gasteiger partial charge in [0.25, 0.3) is 0 Å². The lowest BCUT2D eigenvalue weighted by Gasteiger charge is -2.16. The second-order valence-corrected chi connectivity index (χ2v) is 2.88. The van der Waals surface area contributed by atoms with Gasteiger partial charge in [-0.25, -0.2) is 0 Å². The highest BCUT2D eigenvalue weighted by Gasteiger charge is 2.02. The Bertz CT molecular complexity index is 107. The number of aliphatic hydroxyl groups is 2. The van der Waals surface area contributed by atoms with E-state index in [1.54, 1.807) is 6.92 Å². The highest BCUT2D eigenvalue weighted by Crippen LogP contribution is 1.86. The Hall–Kier alpha value is -0.610. The summed E-state index contributed by atoms with van der Waals surface area (Å²) in [5, 5.41) is 17.2. The van der Waals surface area contributed by atoms with E-state index in [1.165, 1.54) is 11.3 Å². The third kappa shape index (κ3) is 14.3. The molecule has 0 rings (SSSR count). The number of carbonyl (C=O) groups is 1. The van der Waals surface area contributed by atoms with E-state index < -0.39 is 6.10 Å². The lowest BCUT2D eigenvalue weighted by Crippen LogP contribution is -2.32. The molecule has 4 nitrogen and oxygen atoms in total. The quantitative estimate of drug-likeness (QED) is 0.612. The zero-order valence-corrected chi connectivity index (χ0v) is 8.73. The molecule has 0 radical (unpaired) electrons. The Balaban J connectivity index is 0. The summed E-state index contributed by atoms with van der Waals surface area (Å²) in [6.45, 7) is 6.35. The van der Waals surface area contributed by atoms with Crippen molar-refractivity contribution in [1.82, 2.24) is 4.90 Å². The van der Waals surface area contributed by atoms with Crippen LogP contribution >= 0.6 is 0 Å². The number of aliphatic hydroxyl groups excluding tert-OH is 2. The summed E-state index contributed by atoms with van der Waals surface area (Å²) < 4.78 is 0. The summed E-state index contributed by atoms with van der Waals surface area (Å²) in [6, 6.07) is 0. The number of carbonyl (C=O) groups excluding carboxylic acids is 1. The molecule has 0 aromatic rings. The predicted molar refractivity (Wildman–Crippen MR) is 52.4 cm³/mol. The van der Waals surface area contributed by atoms with Gasteiger partial charge in [-0.05, 0) is 6.92 Å². The fourth-order valence-electron chi connectivity index (χ4n) is 0.655. The van der Waals surface area contributed by atoms with Crippen molar-refractivity contribution in [2.24, 2.45) is 0 Å². The number of nitrogens with zero attached hydrogens (tertiary/aromatic N) is 1. The van der Waals surface area contributed by atoms with E-state index in [4.69, 9.17) is 10.2 Å². The maximum absolute atomic E-state index is 10.1. The minimum absolute atomic E-state index is 0.0640. The van der Waals surface area contributed by atoms with E-state index >= 15 is 0 Å². The van der Waals surface area contributed by atoms with E-state index in [0.717, 1.165) is 0 Å². The van der Waals surface area contributed by atoms with Crippen LogP contribution in [0.2, 0.25) is 0 Å². The normalized spacial score (nSPS) is 11.2. The fraction of sp³-hybridized carbons (Fsp3) is 0.889. The molecule has 0 aliphatic carbocycles. The van der Waals surface area contributed by atoms with Gasteiger partial charge in [0.05, 0.1) is 12.7 Å². The zero-order chi connectivity index (χ0) is 10.7. The molecule has 0 aromatic heterocycles. The van der Waals surface area contributed by atoms with E-state index in [9.17, 15) is 4.79 Å². The summed E-state index contributed by atoms with van der Waals surface area (Å²) in [7, 11) is 0. The van der Waals surface area contributed by atoms with Gasteiger partial charge in [0, 0.05) is 13.1 Å². The Morgan fingerprint density at radius 2 is 1.92 bits per heavy atom. The highest BCUT2D eigenvalue weighted by atomic mass is 16.3. The first kappa shape index (κ1) is 14.9. The first-order chi connectivity index (χ1) is 6.12. The third-order valence-electron chi connectivity index (χ3n) is 1.04. The molecule has 2 N–H and O–H groups in total. The molecule has 0 fully saturated rings. The maximum Gasteiger partial charge on any atom is 0.209 e. The van der Waals surface area contributed by atoms with Gasteiger partial charge in [-0.3, -0.25) is 4.79 Å². The first-order valence-electron chi connectivity index (χ1n) is 4.60. The molecule has 0 bridgehead atoms. The standard InChI is InChI=1S/C6H13NO3.C3H8/c1-6(10)4-7(5-9)2-3-8;1-3-2/h5-6,8,10H,2-4H2,1H3;3H2,1-2H3. The molecule has 4 heteroatoms. The molecule has 0 aromatic carbocycles. The molecule has 80 valence electrons. The van der Waals surface area contributed by atoms with Crippen LogP contribution in [-0.4, -0.2) is 47.3 Å². The molecule has 0 saturated heterocycles. The number of hydrogen-bond acceptors (Lipinski definition) is 3. The average Bonchev–Trinajstić information content (AvgIpc) is 2.04.